The van der Waals surface area contributed by atoms with Gasteiger partial charge in [-0.05, 0) is 67.1 Å². The molecule has 0 spiro atoms. The van der Waals surface area contributed by atoms with Gasteiger partial charge in [0.2, 0.25) is 0 Å². The second-order valence-corrected chi connectivity index (χ2v) is 7.92. The summed E-state index contributed by atoms with van der Waals surface area (Å²) in [5.41, 5.74) is 2.26. The van der Waals surface area contributed by atoms with Crippen LogP contribution >= 0.6 is 11.6 Å². The molecule has 0 radical (unpaired) electrons. The Bertz CT molecular complexity index is 1410. The molecule has 35 heavy (non-hydrogen) atoms. The number of hydrogen-bond donors (Lipinski definition) is 3. The van der Waals surface area contributed by atoms with Crippen molar-refractivity contribution < 1.29 is 34.4 Å². The largest absolute Gasteiger partial charge is 0.507 e. The Labute approximate surface area is 205 Å². The predicted molar refractivity (Wildman–Crippen MR) is 131 cm³/mol. The summed E-state index contributed by atoms with van der Waals surface area (Å²) in [6, 6.07) is 17.7. The highest BCUT2D eigenvalue weighted by molar-refractivity contribution is 6.30. The van der Waals surface area contributed by atoms with Crippen molar-refractivity contribution in [3.8, 4) is 11.5 Å². The van der Waals surface area contributed by atoms with Gasteiger partial charge in [-0.3, -0.25) is 14.2 Å². The molecular formula is C26H22ClNO7. The van der Waals surface area contributed by atoms with Crippen LogP contribution < -0.4 is 4.74 Å². The first-order valence-corrected chi connectivity index (χ1v) is 10.7. The number of aromatic carboxylic acids is 1. The van der Waals surface area contributed by atoms with Crippen LogP contribution in [0.5, 0.6) is 11.5 Å². The predicted octanol–water partition coefficient (Wildman–Crippen LogP) is 5.02. The average molecular weight is 496 g/mol. The summed E-state index contributed by atoms with van der Waals surface area (Å²) >= 11 is 5.89. The molecular weight excluding hydrogens is 474 g/mol. The number of aromatic hydroxyl groups is 1. The van der Waals surface area contributed by atoms with Gasteiger partial charge in [0.1, 0.15) is 17.1 Å². The molecule has 0 bridgehead atoms. The van der Waals surface area contributed by atoms with Gasteiger partial charge in [0.05, 0.1) is 19.0 Å². The molecule has 9 heteroatoms. The van der Waals surface area contributed by atoms with E-state index >= 15 is 0 Å². The topological polar surface area (TPSA) is 126 Å². The number of rotatable bonds is 5. The number of aromatic nitrogens is 1. The van der Waals surface area contributed by atoms with Gasteiger partial charge in [-0.15, -0.1) is 0 Å². The molecule has 0 atom stereocenters. The number of methoxy groups -OCH3 is 1. The summed E-state index contributed by atoms with van der Waals surface area (Å²) in [5.74, 6) is -1.90. The molecule has 4 aromatic rings. The number of aliphatic carboxylic acids is 1. The summed E-state index contributed by atoms with van der Waals surface area (Å²) in [6.45, 7) is 1.75. The number of carbonyl (C=O) groups is 3. The van der Waals surface area contributed by atoms with Crippen molar-refractivity contribution in [3.05, 3.63) is 94.1 Å². The van der Waals surface area contributed by atoms with Crippen molar-refractivity contribution in [1.29, 1.82) is 0 Å². The molecule has 0 aliphatic heterocycles. The van der Waals surface area contributed by atoms with Gasteiger partial charge in [0.15, 0.2) is 0 Å². The molecule has 0 aliphatic rings. The molecule has 4 rings (SSSR count). The van der Waals surface area contributed by atoms with Crippen LogP contribution in [0.2, 0.25) is 5.02 Å². The van der Waals surface area contributed by atoms with E-state index in [0.29, 0.717) is 38.5 Å². The maximum absolute atomic E-state index is 13.0. The lowest BCUT2D eigenvalue weighted by molar-refractivity contribution is -0.136. The molecule has 0 saturated carbocycles. The lowest BCUT2D eigenvalue weighted by Crippen LogP contribution is -2.14. The highest BCUT2D eigenvalue weighted by Crippen LogP contribution is 2.30. The van der Waals surface area contributed by atoms with E-state index in [1.165, 1.54) is 16.7 Å². The number of para-hydroxylation sites is 1. The van der Waals surface area contributed by atoms with Gasteiger partial charge in [0.25, 0.3) is 5.91 Å². The number of carboxylic acids is 2. The van der Waals surface area contributed by atoms with E-state index in [1.54, 1.807) is 68.6 Å². The highest BCUT2D eigenvalue weighted by Gasteiger charge is 2.21. The van der Waals surface area contributed by atoms with Gasteiger partial charge in [0, 0.05) is 21.7 Å². The molecule has 3 aromatic carbocycles. The second kappa shape index (κ2) is 10.8. The van der Waals surface area contributed by atoms with E-state index in [1.807, 2.05) is 0 Å². The second-order valence-electron chi connectivity index (χ2n) is 7.49. The van der Waals surface area contributed by atoms with Crippen molar-refractivity contribution in [2.24, 2.45) is 0 Å². The van der Waals surface area contributed by atoms with Crippen LogP contribution in [0.25, 0.3) is 10.9 Å². The van der Waals surface area contributed by atoms with Gasteiger partial charge in [-0.25, -0.2) is 4.79 Å². The first-order chi connectivity index (χ1) is 16.6. The Balaban J connectivity index is 0.000000287. The Morgan fingerprint density at radius 1 is 0.971 bits per heavy atom. The molecule has 8 nitrogen and oxygen atoms in total. The third-order valence-electron chi connectivity index (χ3n) is 5.30. The fourth-order valence-electron chi connectivity index (χ4n) is 3.60. The summed E-state index contributed by atoms with van der Waals surface area (Å²) in [5, 5.41) is 27.8. The third kappa shape index (κ3) is 5.62. The number of ether oxygens (including phenoxy) is 1. The molecule has 1 heterocycles. The summed E-state index contributed by atoms with van der Waals surface area (Å²) in [4.78, 5) is 34.5. The Hall–Kier alpha value is -4.30. The lowest BCUT2D eigenvalue weighted by Gasteiger charge is -2.08. The van der Waals surface area contributed by atoms with Crippen molar-refractivity contribution in [3.63, 3.8) is 0 Å². The number of phenols is 1. The molecule has 0 amide bonds. The molecule has 3 N–H and O–H groups in total. The van der Waals surface area contributed by atoms with Crippen molar-refractivity contribution in [2.45, 2.75) is 13.3 Å². The maximum atomic E-state index is 13.0. The van der Waals surface area contributed by atoms with Crippen molar-refractivity contribution in [2.75, 3.05) is 7.11 Å². The third-order valence-corrected chi connectivity index (χ3v) is 5.55. The standard InChI is InChI=1S/C19H16ClNO4.C7H6O3/c1-11-15(10-18(22)23)16-9-14(25-2)7-8-17(16)21(11)19(24)12-3-5-13(20)6-4-12;8-6-4-2-1-3-5(6)7(9)10/h3-9H,10H2,1-2H3,(H,22,23);1-4,8H,(H,9,10). The van der Waals surface area contributed by atoms with Crippen LogP contribution in [0.4, 0.5) is 0 Å². The summed E-state index contributed by atoms with van der Waals surface area (Å²) < 4.78 is 6.77. The number of carboxylic acid groups (broad SMARTS) is 2. The van der Waals surface area contributed by atoms with Gasteiger partial charge in [-0.1, -0.05) is 23.7 Å². The van der Waals surface area contributed by atoms with Crippen LogP contribution in [0.1, 0.15) is 32.0 Å². The zero-order valence-corrected chi connectivity index (χ0v) is 19.6. The van der Waals surface area contributed by atoms with E-state index < -0.39 is 11.9 Å². The Morgan fingerprint density at radius 2 is 1.63 bits per heavy atom. The molecule has 0 saturated heterocycles. The van der Waals surface area contributed by atoms with Crippen LogP contribution in [0, 0.1) is 6.92 Å². The number of nitrogens with zero attached hydrogens (tertiary/aromatic N) is 1. The summed E-state index contributed by atoms with van der Waals surface area (Å²) in [7, 11) is 1.54. The van der Waals surface area contributed by atoms with Gasteiger partial charge >= 0.3 is 11.9 Å². The normalized spacial score (nSPS) is 10.4. The number of hydrogen-bond acceptors (Lipinski definition) is 5. The van der Waals surface area contributed by atoms with Crippen LogP contribution in [-0.4, -0.2) is 44.8 Å². The molecule has 0 fully saturated rings. The van der Waals surface area contributed by atoms with Gasteiger partial charge < -0.3 is 20.1 Å². The number of benzene rings is 3. The minimum atomic E-state index is -1.11. The fraction of sp³-hybridized carbons (Fsp3) is 0.115. The molecule has 0 unspecified atom stereocenters. The lowest BCUT2D eigenvalue weighted by atomic mass is 10.1. The zero-order chi connectivity index (χ0) is 25.7. The number of halogens is 1. The Morgan fingerprint density at radius 3 is 2.17 bits per heavy atom. The highest BCUT2D eigenvalue weighted by atomic mass is 35.5. The number of carbonyl (C=O) groups excluding carboxylic acids is 1. The molecule has 180 valence electrons. The fourth-order valence-corrected chi connectivity index (χ4v) is 3.73. The van der Waals surface area contributed by atoms with Crippen LogP contribution in [0.15, 0.2) is 66.7 Å². The monoisotopic (exact) mass is 495 g/mol. The van der Waals surface area contributed by atoms with Crippen molar-refractivity contribution in [1.82, 2.24) is 4.57 Å². The van der Waals surface area contributed by atoms with Crippen LogP contribution in [0.3, 0.4) is 0 Å². The molecule has 1 aromatic heterocycles. The van der Waals surface area contributed by atoms with E-state index in [9.17, 15) is 19.5 Å². The zero-order valence-electron chi connectivity index (χ0n) is 18.9. The maximum Gasteiger partial charge on any atom is 0.339 e. The average Bonchev–Trinajstić information content (AvgIpc) is 3.09. The smallest absolute Gasteiger partial charge is 0.339 e. The van der Waals surface area contributed by atoms with Crippen LogP contribution in [-0.2, 0) is 11.2 Å². The Kier molecular flexibility index (Phi) is 7.78. The first-order valence-electron chi connectivity index (χ1n) is 10.3. The molecule has 0 aliphatic carbocycles. The van der Waals surface area contributed by atoms with Gasteiger partial charge in [-0.2, -0.15) is 0 Å². The quantitative estimate of drug-likeness (QED) is 0.355. The summed E-state index contributed by atoms with van der Waals surface area (Å²) in [6.07, 6.45) is -0.170. The van der Waals surface area contributed by atoms with Crippen molar-refractivity contribution >= 4 is 40.3 Å². The van der Waals surface area contributed by atoms with E-state index in [2.05, 4.69) is 0 Å². The number of fused-ring (bicyclic) bond motifs is 1. The minimum absolute atomic E-state index is 0.0671. The van der Waals surface area contributed by atoms with E-state index in [4.69, 9.17) is 26.6 Å². The first kappa shape index (κ1) is 25.3. The minimum Gasteiger partial charge on any atom is -0.507 e. The van der Waals surface area contributed by atoms with E-state index in [-0.39, 0.29) is 23.6 Å². The van der Waals surface area contributed by atoms with E-state index in [0.717, 1.165) is 0 Å². The SMILES string of the molecule is COc1ccc2c(c1)c(CC(=O)O)c(C)n2C(=O)c1ccc(Cl)cc1.O=C(O)c1ccccc1O.